The second-order valence-corrected chi connectivity index (χ2v) is 6.27. The van der Waals surface area contributed by atoms with Crippen molar-refractivity contribution in [3.63, 3.8) is 0 Å². The topological polar surface area (TPSA) is 116 Å². The second kappa shape index (κ2) is 10.3. The van der Waals surface area contributed by atoms with Gasteiger partial charge in [0.05, 0.1) is 25.9 Å². The number of esters is 2. The summed E-state index contributed by atoms with van der Waals surface area (Å²) in [6.07, 6.45) is 0. The van der Waals surface area contributed by atoms with Crippen molar-refractivity contribution in [3.8, 4) is 11.5 Å². The molecule has 0 aliphatic heterocycles. The maximum absolute atomic E-state index is 12.3. The van der Waals surface area contributed by atoms with Crippen molar-refractivity contribution in [3.05, 3.63) is 40.7 Å². The molecule has 162 valence electrons. The number of rotatable bonds is 9. The lowest BCUT2D eigenvalue weighted by atomic mass is 10.1. The van der Waals surface area contributed by atoms with Crippen molar-refractivity contribution in [1.29, 1.82) is 0 Å². The molecule has 0 saturated carbocycles. The first-order valence-electron chi connectivity index (χ1n) is 9.46. The van der Waals surface area contributed by atoms with Crippen molar-refractivity contribution < 1.29 is 33.3 Å². The third-order valence-corrected chi connectivity index (χ3v) is 4.19. The van der Waals surface area contributed by atoms with Crippen LogP contribution in [-0.2, 0) is 14.3 Å². The van der Waals surface area contributed by atoms with Gasteiger partial charge >= 0.3 is 11.9 Å². The summed E-state index contributed by atoms with van der Waals surface area (Å²) in [4.78, 5) is 39.2. The molecular formula is C21H26N2O7. The molecule has 2 rings (SSSR count). The maximum atomic E-state index is 12.3. The smallest absolute Gasteiger partial charge is 0.355 e. The first-order chi connectivity index (χ1) is 14.3. The van der Waals surface area contributed by atoms with Gasteiger partial charge in [-0.2, -0.15) is 0 Å². The molecule has 0 aliphatic carbocycles. The monoisotopic (exact) mass is 418 g/mol. The van der Waals surface area contributed by atoms with Gasteiger partial charge in [0.15, 0.2) is 18.1 Å². The van der Waals surface area contributed by atoms with Gasteiger partial charge in [-0.25, -0.2) is 9.59 Å². The molecule has 0 fully saturated rings. The number of nitrogens with one attached hydrogen (secondary N) is 2. The Bertz CT molecular complexity index is 934. The van der Waals surface area contributed by atoms with Gasteiger partial charge in [0, 0.05) is 17.4 Å². The summed E-state index contributed by atoms with van der Waals surface area (Å²) in [7, 11) is 1.26. The van der Waals surface area contributed by atoms with E-state index in [-0.39, 0.29) is 11.3 Å². The molecular weight excluding hydrogens is 392 g/mol. The molecule has 1 aromatic carbocycles. The quantitative estimate of drug-likeness (QED) is 0.601. The Balaban J connectivity index is 2.02. The molecule has 0 unspecified atom stereocenters. The number of aryl methyl sites for hydroxylation is 1. The van der Waals surface area contributed by atoms with Gasteiger partial charge in [-0.15, -0.1) is 0 Å². The number of methoxy groups -OCH3 is 1. The summed E-state index contributed by atoms with van der Waals surface area (Å²) >= 11 is 0. The zero-order valence-corrected chi connectivity index (χ0v) is 17.7. The number of anilines is 1. The van der Waals surface area contributed by atoms with Crippen LogP contribution in [-0.4, -0.2) is 49.8 Å². The van der Waals surface area contributed by atoms with E-state index in [9.17, 15) is 14.4 Å². The summed E-state index contributed by atoms with van der Waals surface area (Å²) in [6.45, 7) is 7.37. The Kier molecular flexibility index (Phi) is 7.85. The van der Waals surface area contributed by atoms with Gasteiger partial charge in [-0.3, -0.25) is 4.79 Å². The number of carbonyl (C=O) groups is 3. The lowest BCUT2D eigenvalue weighted by molar-refractivity contribution is -0.119. The average Bonchev–Trinajstić information content (AvgIpc) is 3.02. The minimum absolute atomic E-state index is 0.0976. The number of benzene rings is 1. The van der Waals surface area contributed by atoms with Crippen LogP contribution in [0.25, 0.3) is 0 Å². The minimum Gasteiger partial charge on any atom is -0.490 e. The number of aromatic amines is 1. The van der Waals surface area contributed by atoms with Crippen LogP contribution >= 0.6 is 0 Å². The molecule has 9 heteroatoms. The van der Waals surface area contributed by atoms with Crippen molar-refractivity contribution in [2.75, 3.05) is 32.2 Å². The Hall–Kier alpha value is -3.49. The highest BCUT2D eigenvalue weighted by Gasteiger charge is 2.23. The van der Waals surface area contributed by atoms with Gasteiger partial charge in [-0.05, 0) is 45.4 Å². The molecule has 30 heavy (non-hydrogen) atoms. The average molecular weight is 418 g/mol. The van der Waals surface area contributed by atoms with Crippen LogP contribution in [0.5, 0.6) is 11.5 Å². The van der Waals surface area contributed by atoms with E-state index in [2.05, 4.69) is 10.3 Å². The standard InChI is InChI=1S/C21H26N2O7/c1-6-28-15-9-8-14(10-16(15)29-7-2)23-17(24)11-30-21(26)19-12(3)18(13(4)22-19)20(25)27-5/h8-10,22H,6-7,11H2,1-5H3,(H,23,24). The predicted molar refractivity (Wildman–Crippen MR) is 109 cm³/mol. The normalized spacial score (nSPS) is 10.3. The maximum Gasteiger partial charge on any atom is 0.355 e. The Morgan fingerprint density at radius 1 is 1.00 bits per heavy atom. The zero-order valence-electron chi connectivity index (χ0n) is 17.7. The number of hydrogen-bond donors (Lipinski definition) is 2. The molecule has 9 nitrogen and oxygen atoms in total. The molecule has 0 aliphatic rings. The molecule has 2 N–H and O–H groups in total. The summed E-state index contributed by atoms with van der Waals surface area (Å²) in [5.74, 6) is -0.755. The van der Waals surface area contributed by atoms with Crippen LogP contribution in [0.1, 0.15) is 46.0 Å². The number of H-pyrrole nitrogens is 1. The highest BCUT2D eigenvalue weighted by atomic mass is 16.5. The van der Waals surface area contributed by atoms with E-state index >= 15 is 0 Å². The summed E-state index contributed by atoms with van der Waals surface area (Å²) < 4.78 is 20.8. The first-order valence-corrected chi connectivity index (χ1v) is 9.46. The van der Waals surface area contributed by atoms with E-state index in [0.29, 0.717) is 41.7 Å². The highest BCUT2D eigenvalue weighted by Crippen LogP contribution is 2.30. The fourth-order valence-corrected chi connectivity index (χ4v) is 2.89. The first kappa shape index (κ1) is 22.8. The van der Waals surface area contributed by atoms with E-state index in [1.54, 1.807) is 32.0 Å². The van der Waals surface area contributed by atoms with Gasteiger partial charge < -0.3 is 29.2 Å². The van der Waals surface area contributed by atoms with E-state index in [1.807, 2.05) is 13.8 Å². The van der Waals surface area contributed by atoms with E-state index in [1.165, 1.54) is 7.11 Å². The van der Waals surface area contributed by atoms with Gasteiger partial charge in [0.2, 0.25) is 0 Å². The summed E-state index contributed by atoms with van der Waals surface area (Å²) in [5, 5.41) is 2.64. The van der Waals surface area contributed by atoms with Gasteiger partial charge in [0.25, 0.3) is 5.91 Å². The molecule has 2 aromatic rings. The number of hydrogen-bond acceptors (Lipinski definition) is 7. The largest absolute Gasteiger partial charge is 0.490 e. The van der Waals surface area contributed by atoms with E-state index in [0.717, 1.165) is 0 Å². The third kappa shape index (κ3) is 5.31. The lowest BCUT2D eigenvalue weighted by Gasteiger charge is -2.13. The third-order valence-electron chi connectivity index (χ3n) is 4.19. The fraction of sp³-hybridized carbons (Fsp3) is 0.381. The van der Waals surface area contributed by atoms with Crippen molar-refractivity contribution in [1.82, 2.24) is 4.98 Å². The fourth-order valence-electron chi connectivity index (χ4n) is 2.89. The number of carbonyl (C=O) groups excluding carboxylic acids is 3. The van der Waals surface area contributed by atoms with Gasteiger partial charge in [0.1, 0.15) is 5.69 Å². The van der Waals surface area contributed by atoms with E-state index < -0.39 is 24.5 Å². The second-order valence-electron chi connectivity index (χ2n) is 6.27. The van der Waals surface area contributed by atoms with Crippen LogP contribution in [0.2, 0.25) is 0 Å². The Morgan fingerprint density at radius 2 is 1.67 bits per heavy atom. The molecule has 0 radical (unpaired) electrons. The van der Waals surface area contributed by atoms with Crippen LogP contribution in [0.4, 0.5) is 5.69 Å². The van der Waals surface area contributed by atoms with Crippen molar-refractivity contribution in [2.24, 2.45) is 0 Å². The molecule has 1 amide bonds. The zero-order chi connectivity index (χ0) is 22.3. The van der Waals surface area contributed by atoms with Crippen molar-refractivity contribution >= 4 is 23.5 Å². The predicted octanol–water partition coefficient (Wildman–Crippen LogP) is 3.01. The number of ether oxygens (including phenoxy) is 4. The Labute approximate surface area is 174 Å². The Morgan fingerprint density at radius 3 is 2.30 bits per heavy atom. The molecule has 1 aromatic heterocycles. The van der Waals surface area contributed by atoms with Gasteiger partial charge in [-0.1, -0.05) is 0 Å². The molecule has 0 atom stereocenters. The summed E-state index contributed by atoms with van der Waals surface area (Å²) in [6, 6.07) is 4.99. The molecule has 0 bridgehead atoms. The van der Waals surface area contributed by atoms with Crippen LogP contribution in [0, 0.1) is 13.8 Å². The molecule has 0 spiro atoms. The van der Waals surface area contributed by atoms with Crippen LogP contribution in [0.15, 0.2) is 18.2 Å². The SMILES string of the molecule is CCOc1ccc(NC(=O)COC(=O)c2[nH]c(C)c(C(=O)OC)c2C)cc1OCC. The molecule has 0 saturated heterocycles. The number of amides is 1. The lowest BCUT2D eigenvalue weighted by Crippen LogP contribution is -2.21. The van der Waals surface area contributed by atoms with Crippen LogP contribution in [0.3, 0.4) is 0 Å². The van der Waals surface area contributed by atoms with E-state index in [4.69, 9.17) is 18.9 Å². The highest BCUT2D eigenvalue weighted by molar-refractivity contribution is 5.99. The van der Waals surface area contributed by atoms with Crippen LogP contribution < -0.4 is 14.8 Å². The van der Waals surface area contributed by atoms with Crippen molar-refractivity contribution in [2.45, 2.75) is 27.7 Å². The minimum atomic E-state index is -0.748. The molecule has 1 heterocycles. The number of aromatic nitrogens is 1. The summed E-state index contributed by atoms with van der Waals surface area (Å²) in [5.41, 5.74) is 1.72.